The minimum Gasteiger partial charge on any atom is -0.354 e. The Kier molecular flexibility index (Phi) is 11.3. The summed E-state index contributed by atoms with van der Waals surface area (Å²) in [7, 11) is -4.31. The molecule has 46 heavy (non-hydrogen) atoms. The highest BCUT2D eigenvalue weighted by atomic mass is 32.2. The summed E-state index contributed by atoms with van der Waals surface area (Å²) in [6.45, 7) is 5.66. The molecule has 4 aromatic rings. The third-order valence-corrected chi connectivity index (χ3v) is 9.14. The van der Waals surface area contributed by atoms with Gasteiger partial charge in [0.1, 0.15) is 12.6 Å². The quantitative estimate of drug-likeness (QED) is 0.143. The lowest BCUT2D eigenvalue weighted by Gasteiger charge is -2.34. The van der Waals surface area contributed by atoms with E-state index in [9.17, 15) is 28.1 Å². The summed E-state index contributed by atoms with van der Waals surface area (Å²) in [5.41, 5.74) is 2.42. The van der Waals surface area contributed by atoms with E-state index in [4.69, 9.17) is 0 Å². The fraction of sp³-hybridized carbons (Fsp3) is 0.257. The summed E-state index contributed by atoms with van der Waals surface area (Å²) >= 11 is 0. The average molecular weight is 643 g/mol. The predicted molar refractivity (Wildman–Crippen MR) is 178 cm³/mol. The van der Waals surface area contributed by atoms with Crippen molar-refractivity contribution in [1.82, 2.24) is 10.2 Å². The van der Waals surface area contributed by atoms with Gasteiger partial charge in [0.2, 0.25) is 11.8 Å². The van der Waals surface area contributed by atoms with E-state index in [0.717, 1.165) is 21.0 Å². The summed E-state index contributed by atoms with van der Waals surface area (Å²) in [5, 5.41) is 14.3. The molecule has 1 unspecified atom stereocenters. The first-order chi connectivity index (χ1) is 22.0. The molecule has 0 bridgehead atoms. The molecule has 240 valence electrons. The third-order valence-electron chi connectivity index (χ3n) is 7.35. The van der Waals surface area contributed by atoms with E-state index < -0.39 is 33.4 Å². The highest BCUT2D eigenvalue weighted by molar-refractivity contribution is 7.92. The normalized spacial score (nSPS) is 11.9. The number of nitro groups is 1. The summed E-state index contributed by atoms with van der Waals surface area (Å²) < 4.78 is 29.0. The van der Waals surface area contributed by atoms with Crippen LogP contribution < -0.4 is 9.62 Å². The van der Waals surface area contributed by atoms with E-state index in [-0.39, 0.29) is 41.1 Å². The van der Waals surface area contributed by atoms with Gasteiger partial charge in [0.25, 0.3) is 15.7 Å². The number of amides is 2. The Hall–Kier alpha value is -5.03. The topological polar surface area (TPSA) is 130 Å². The second kappa shape index (κ2) is 15.3. The summed E-state index contributed by atoms with van der Waals surface area (Å²) in [4.78, 5) is 40.4. The number of hydrogen-bond donors (Lipinski definition) is 1. The van der Waals surface area contributed by atoms with E-state index >= 15 is 0 Å². The van der Waals surface area contributed by atoms with Gasteiger partial charge in [-0.15, -0.1) is 0 Å². The van der Waals surface area contributed by atoms with E-state index in [1.165, 1.54) is 41.3 Å². The van der Waals surface area contributed by atoms with Crippen LogP contribution >= 0.6 is 0 Å². The van der Waals surface area contributed by atoms with Crippen LogP contribution in [0.15, 0.2) is 114 Å². The van der Waals surface area contributed by atoms with Gasteiger partial charge >= 0.3 is 0 Å². The van der Waals surface area contributed by atoms with Crippen LogP contribution in [0.2, 0.25) is 0 Å². The molecule has 0 aromatic heterocycles. The fourth-order valence-corrected chi connectivity index (χ4v) is 6.41. The Bertz CT molecular complexity index is 1750. The number of benzene rings is 4. The van der Waals surface area contributed by atoms with Crippen LogP contribution in [-0.2, 0) is 32.6 Å². The molecule has 0 aliphatic carbocycles. The van der Waals surface area contributed by atoms with E-state index in [2.05, 4.69) is 5.32 Å². The van der Waals surface area contributed by atoms with Gasteiger partial charge in [-0.3, -0.25) is 24.0 Å². The van der Waals surface area contributed by atoms with Crippen molar-refractivity contribution in [2.45, 2.75) is 44.7 Å². The zero-order valence-corrected chi connectivity index (χ0v) is 26.9. The number of carbonyl (C=O) groups is 2. The first-order valence-corrected chi connectivity index (χ1v) is 16.4. The maximum atomic E-state index is 14.5. The third kappa shape index (κ3) is 8.79. The molecule has 0 saturated carbocycles. The first kappa shape index (κ1) is 33.9. The van der Waals surface area contributed by atoms with Crippen LogP contribution in [0.1, 0.15) is 30.5 Å². The van der Waals surface area contributed by atoms with Gasteiger partial charge in [0, 0.05) is 31.6 Å². The summed E-state index contributed by atoms with van der Waals surface area (Å²) in [5.74, 6) is -0.803. The molecule has 0 radical (unpaired) electrons. The molecule has 1 N–H and O–H groups in total. The lowest BCUT2D eigenvalue weighted by molar-refractivity contribution is -0.384. The number of carbonyl (C=O) groups excluding carboxylic acids is 2. The zero-order chi connectivity index (χ0) is 33.3. The molecule has 0 fully saturated rings. The molecule has 0 spiro atoms. The van der Waals surface area contributed by atoms with Crippen molar-refractivity contribution >= 4 is 33.2 Å². The molecule has 0 heterocycles. The average Bonchev–Trinajstić information content (AvgIpc) is 3.05. The Balaban J connectivity index is 1.80. The minimum atomic E-state index is -4.31. The standard InChI is InChI=1S/C35H38N4O6S/c1-26(2)23-36-35(41)33(22-28-12-6-4-7-13-28)37(24-29-14-10-11-27(3)21-29)34(40)25-38(30-17-19-31(20-18-30)39(42)43)46(44,45)32-15-8-5-9-16-32/h4-21,26,33H,22-25H2,1-3H3,(H,36,41). The maximum absolute atomic E-state index is 14.5. The summed E-state index contributed by atoms with van der Waals surface area (Å²) in [6, 6.07) is 28.6. The number of aryl methyl sites for hydroxylation is 1. The molecule has 11 heteroatoms. The highest BCUT2D eigenvalue weighted by Gasteiger charge is 2.34. The molecule has 1 atom stereocenters. The van der Waals surface area contributed by atoms with E-state index in [0.29, 0.717) is 6.54 Å². The van der Waals surface area contributed by atoms with Gasteiger partial charge in [-0.2, -0.15) is 0 Å². The van der Waals surface area contributed by atoms with Crippen LogP contribution in [0, 0.1) is 23.0 Å². The Morgan fingerprint density at radius 1 is 0.848 bits per heavy atom. The highest BCUT2D eigenvalue weighted by Crippen LogP contribution is 2.27. The number of nitrogens with one attached hydrogen (secondary N) is 1. The van der Waals surface area contributed by atoms with Gasteiger partial charge in [0.05, 0.1) is 15.5 Å². The van der Waals surface area contributed by atoms with Crippen molar-refractivity contribution in [3.8, 4) is 0 Å². The number of rotatable bonds is 14. The van der Waals surface area contributed by atoms with Gasteiger partial charge in [-0.05, 0) is 48.2 Å². The van der Waals surface area contributed by atoms with Crippen molar-refractivity contribution in [2.24, 2.45) is 5.92 Å². The Morgan fingerprint density at radius 3 is 2.04 bits per heavy atom. The van der Waals surface area contributed by atoms with E-state index in [1.54, 1.807) is 18.2 Å². The lowest BCUT2D eigenvalue weighted by Crippen LogP contribution is -2.53. The lowest BCUT2D eigenvalue weighted by atomic mass is 10.0. The van der Waals surface area contributed by atoms with Gasteiger partial charge in [0.15, 0.2) is 0 Å². The van der Waals surface area contributed by atoms with E-state index in [1.807, 2.05) is 75.4 Å². The van der Waals surface area contributed by atoms with Gasteiger partial charge in [-0.25, -0.2) is 8.42 Å². The van der Waals surface area contributed by atoms with Crippen LogP contribution in [0.5, 0.6) is 0 Å². The predicted octanol–water partition coefficient (Wildman–Crippen LogP) is 5.51. The monoisotopic (exact) mass is 642 g/mol. The van der Waals surface area contributed by atoms with Crippen LogP contribution in [0.4, 0.5) is 11.4 Å². The maximum Gasteiger partial charge on any atom is 0.269 e. The van der Waals surface area contributed by atoms with Crippen molar-refractivity contribution in [3.05, 3.63) is 136 Å². The SMILES string of the molecule is Cc1cccc(CN(C(=O)CN(c2ccc([N+](=O)[O-])cc2)S(=O)(=O)c2ccccc2)C(Cc2ccccc2)C(=O)NCC(C)C)c1. The molecule has 2 amide bonds. The van der Waals surface area contributed by atoms with Gasteiger partial charge in [-0.1, -0.05) is 92.2 Å². The smallest absolute Gasteiger partial charge is 0.269 e. The minimum absolute atomic E-state index is 0.0482. The number of anilines is 1. The Morgan fingerprint density at radius 2 is 1.46 bits per heavy atom. The Labute approximate surface area is 269 Å². The molecule has 10 nitrogen and oxygen atoms in total. The van der Waals surface area contributed by atoms with Crippen LogP contribution in [0.25, 0.3) is 0 Å². The fourth-order valence-electron chi connectivity index (χ4n) is 4.97. The van der Waals surface area contributed by atoms with Crippen LogP contribution in [-0.4, -0.2) is 49.2 Å². The number of non-ortho nitro benzene ring substituents is 1. The van der Waals surface area contributed by atoms with Gasteiger partial charge < -0.3 is 10.2 Å². The first-order valence-electron chi connectivity index (χ1n) is 14.9. The molecule has 0 aliphatic rings. The second-order valence-corrected chi connectivity index (χ2v) is 13.3. The van der Waals surface area contributed by atoms with Crippen molar-refractivity contribution in [3.63, 3.8) is 0 Å². The van der Waals surface area contributed by atoms with Crippen molar-refractivity contribution in [2.75, 3.05) is 17.4 Å². The van der Waals surface area contributed by atoms with Crippen molar-refractivity contribution in [1.29, 1.82) is 0 Å². The van der Waals surface area contributed by atoms with Crippen LogP contribution in [0.3, 0.4) is 0 Å². The molecule has 0 aliphatic heterocycles. The molecular weight excluding hydrogens is 604 g/mol. The van der Waals surface area contributed by atoms with Crippen molar-refractivity contribution < 1.29 is 22.9 Å². The number of sulfonamides is 1. The molecule has 0 saturated heterocycles. The summed E-state index contributed by atoms with van der Waals surface area (Å²) in [6.07, 6.45) is 0.200. The molecule has 4 rings (SSSR count). The molecule has 4 aromatic carbocycles. The zero-order valence-electron chi connectivity index (χ0n) is 26.1. The molecular formula is C35H38N4O6S. The largest absolute Gasteiger partial charge is 0.354 e. The number of hydrogen-bond acceptors (Lipinski definition) is 6. The number of nitro benzene ring substituents is 1. The number of nitrogens with zero attached hydrogens (tertiary/aromatic N) is 3. The second-order valence-electron chi connectivity index (χ2n) is 11.5.